The first kappa shape index (κ1) is 9.55. The van der Waals surface area contributed by atoms with Crippen molar-refractivity contribution >= 4 is 28.8 Å². The van der Waals surface area contributed by atoms with E-state index in [2.05, 4.69) is 5.10 Å². The Morgan fingerprint density at radius 2 is 2.36 bits per heavy atom. The first-order valence-corrected chi connectivity index (χ1v) is 5.39. The quantitative estimate of drug-likeness (QED) is 0.857. The minimum Gasteiger partial charge on any atom is -0.384 e. The minimum atomic E-state index is 0.687. The second-order valence-corrected chi connectivity index (χ2v) is 4.87. The number of thiophene rings is 1. The van der Waals surface area contributed by atoms with Crippen LogP contribution in [0.3, 0.4) is 0 Å². The third kappa shape index (κ3) is 1.91. The summed E-state index contributed by atoms with van der Waals surface area (Å²) in [6.07, 6.45) is 0. The van der Waals surface area contributed by atoms with E-state index in [1.807, 2.05) is 25.1 Å². The molecular weight excluding hydrogens is 218 g/mol. The number of nitrogens with zero attached hydrogens (tertiary/aromatic N) is 2. The van der Waals surface area contributed by atoms with Crippen molar-refractivity contribution in [3.63, 3.8) is 0 Å². The van der Waals surface area contributed by atoms with Crippen LogP contribution in [-0.4, -0.2) is 9.78 Å². The zero-order chi connectivity index (χ0) is 10.1. The van der Waals surface area contributed by atoms with Crippen molar-refractivity contribution in [1.29, 1.82) is 0 Å². The van der Waals surface area contributed by atoms with E-state index < -0.39 is 0 Å². The van der Waals surface area contributed by atoms with E-state index in [9.17, 15) is 0 Å². The van der Waals surface area contributed by atoms with Gasteiger partial charge >= 0.3 is 0 Å². The number of hydrogen-bond acceptors (Lipinski definition) is 3. The van der Waals surface area contributed by atoms with E-state index in [1.54, 1.807) is 16.0 Å². The van der Waals surface area contributed by atoms with Crippen LogP contribution < -0.4 is 5.73 Å². The molecule has 0 saturated heterocycles. The maximum atomic E-state index is 5.83. The number of anilines is 1. The van der Waals surface area contributed by atoms with E-state index >= 15 is 0 Å². The highest BCUT2D eigenvalue weighted by molar-refractivity contribution is 7.16. The van der Waals surface area contributed by atoms with Crippen molar-refractivity contribution in [1.82, 2.24) is 9.78 Å². The summed E-state index contributed by atoms with van der Waals surface area (Å²) in [5.41, 5.74) is 6.70. The van der Waals surface area contributed by atoms with Gasteiger partial charge in [-0.3, -0.25) is 0 Å². The van der Waals surface area contributed by atoms with Gasteiger partial charge in [-0.05, 0) is 19.1 Å². The Kier molecular flexibility index (Phi) is 2.48. The smallest absolute Gasteiger partial charge is 0.122 e. The lowest BCUT2D eigenvalue weighted by molar-refractivity contribution is 0.697. The second-order valence-electron chi connectivity index (χ2n) is 3.07. The molecule has 0 bridgehead atoms. The first-order chi connectivity index (χ1) is 6.65. The summed E-state index contributed by atoms with van der Waals surface area (Å²) in [6, 6.07) is 5.73. The van der Waals surface area contributed by atoms with E-state index in [1.165, 1.54) is 0 Å². The maximum absolute atomic E-state index is 5.83. The molecule has 0 spiro atoms. The molecule has 14 heavy (non-hydrogen) atoms. The third-order valence-corrected chi connectivity index (χ3v) is 3.08. The molecule has 2 aromatic heterocycles. The summed E-state index contributed by atoms with van der Waals surface area (Å²) in [5.74, 6) is 0.687. The number of nitrogen functional groups attached to an aromatic ring is 1. The molecule has 2 rings (SSSR count). The Morgan fingerprint density at radius 1 is 1.57 bits per heavy atom. The van der Waals surface area contributed by atoms with Gasteiger partial charge < -0.3 is 5.73 Å². The summed E-state index contributed by atoms with van der Waals surface area (Å²) >= 11 is 7.38. The van der Waals surface area contributed by atoms with Gasteiger partial charge in [-0.15, -0.1) is 11.3 Å². The van der Waals surface area contributed by atoms with E-state index in [4.69, 9.17) is 17.3 Å². The standard InChI is InChI=1S/C9H10ClN3S/c1-6-4-9(11)13(12-6)5-7-2-3-8(10)14-7/h2-4H,5,11H2,1H3. The predicted octanol–water partition coefficient (Wildman–Crippen LogP) is 2.54. The van der Waals surface area contributed by atoms with Crippen LogP contribution in [0, 0.1) is 6.92 Å². The number of hydrogen-bond donors (Lipinski definition) is 1. The average molecular weight is 228 g/mol. The van der Waals surface area contributed by atoms with Crippen LogP contribution in [0.2, 0.25) is 4.34 Å². The lowest BCUT2D eigenvalue weighted by Crippen LogP contribution is -2.04. The predicted molar refractivity (Wildman–Crippen MR) is 59.8 cm³/mol. The Bertz CT molecular complexity index is 447. The lowest BCUT2D eigenvalue weighted by atomic mass is 10.4. The van der Waals surface area contributed by atoms with Crippen molar-refractivity contribution in [2.75, 3.05) is 5.73 Å². The fraction of sp³-hybridized carbons (Fsp3) is 0.222. The van der Waals surface area contributed by atoms with Crippen molar-refractivity contribution in [3.8, 4) is 0 Å². The van der Waals surface area contributed by atoms with Gasteiger partial charge in [0.05, 0.1) is 16.6 Å². The molecule has 0 aliphatic carbocycles. The molecule has 2 heterocycles. The van der Waals surface area contributed by atoms with E-state index in [-0.39, 0.29) is 0 Å². The fourth-order valence-corrected chi connectivity index (χ4v) is 2.35. The van der Waals surface area contributed by atoms with Crippen LogP contribution in [0.5, 0.6) is 0 Å². The van der Waals surface area contributed by atoms with Crippen LogP contribution in [0.1, 0.15) is 10.6 Å². The first-order valence-electron chi connectivity index (χ1n) is 4.19. The third-order valence-electron chi connectivity index (χ3n) is 1.87. The van der Waals surface area contributed by atoms with Gasteiger partial charge in [0.25, 0.3) is 0 Å². The SMILES string of the molecule is Cc1cc(N)n(Cc2ccc(Cl)s2)n1. The number of aromatic nitrogens is 2. The van der Waals surface area contributed by atoms with Gasteiger partial charge in [-0.2, -0.15) is 5.10 Å². The molecule has 0 aromatic carbocycles. The van der Waals surface area contributed by atoms with Crippen molar-refractivity contribution < 1.29 is 0 Å². The molecule has 0 aliphatic heterocycles. The number of halogens is 1. The van der Waals surface area contributed by atoms with Gasteiger partial charge in [-0.25, -0.2) is 4.68 Å². The van der Waals surface area contributed by atoms with Gasteiger partial charge in [0.15, 0.2) is 0 Å². The molecule has 3 nitrogen and oxygen atoms in total. The largest absolute Gasteiger partial charge is 0.384 e. The molecule has 74 valence electrons. The van der Waals surface area contributed by atoms with Crippen molar-refractivity contribution in [2.45, 2.75) is 13.5 Å². The number of nitrogens with two attached hydrogens (primary N) is 1. The minimum absolute atomic E-state index is 0.687. The number of aryl methyl sites for hydroxylation is 1. The molecule has 0 saturated carbocycles. The molecular formula is C9H10ClN3S. The number of rotatable bonds is 2. The summed E-state index contributed by atoms with van der Waals surface area (Å²) in [5, 5.41) is 4.27. The van der Waals surface area contributed by atoms with Crippen LogP contribution in [-0.2, 0) is 6.54 Å². The van der Waals surface area contributed by atoms with Crippen LogP contribution >= 0.6 is 22.9 Å². The Morgan fingerprint density at radius 3 is 2.86 bits per heavy atom. The molecule has 0 unspecified atom stereocenters. The molecule has 5 heteroatoms. The van der Waals surface area contributed by atoms with Crippen LogP contribution in [0.4, 0.5) is 5.82 Å². The van der Waals surface area contributed by atoms with Crippen LogP contribution in [0.25, 0.3) is 0 Å². The Hall–Kier alpha value is -1.00. The monoisotopic (exact) mass is 227 g/mol. The molecule has 0 radical (unpaired) electrons. The van der Waals surface area contributed by atoms with Crippen LogP contribution in [0.15, 0.2) is 18.2 Å². The molecule has 0 aliphatic rings. The molecule has 0 fully saturated rings. The Labute approximate surface area is 91.1 Å². The van der Waals surface area contributed by atoms with E-state index in [0.717, 1.165) is 14.9 Å². The highest BCUT2D eigenvalue weighted by atomic mass is 35.5. The average Bonchev–Trinajstić information content (AvgIpc) is 2.61. The van der Waals surface area contributed by atoms with Gasteiger partial charge in [0.2, 0.25) is 0 Å². The molecule has 0 amide bonds. The van der Waals surface area contributed by atoms with E-state index in [0.29, 0.717) is 12.4 Å². The van der Waals surface area contributed by atoms with Gasteiger partial charge in [0.1, 0.15) is 5.82 Å². The molecule has 2 N–H and O–H groups in total. The molecule has 2 aromatic rings. The second kappa shape index (κ2) is 3.63. The summed E-state index contributed by atoms with van der Waals surface area (Å²) in [4.78, 5) is 1.16. The lowest BCUT2D eigenvalue weighted by Gasteiger charge is -2.00. The normalized spacial score (nSPS) is 10.7. The summed E-state index contributed by atoms with van der Waals surface area (Å²) in [6.45, 7) is 2.62. The van der Waals surface area contributed by atoms with Gasteiger partial charge in [0, 0.05) is 10.9 Å². The highest BCUT2D eigenvalue weighted by Gasteiger charge is 2.04. The van der Waals surface area contributed by atoms with Crippen molar-refractivity contribution in [2.24, 2.45) is 0 Å². The fourth-order valence-electron chi connectivity index (χ4n) is 1.28. The summed E-state index contributed by atoms with van der Waals surface area (Å²) in [7, 11) is 0. The van der Waals surface area contributed by atoms with Crippen molar-refractivity contribution in [3.05, 3.63) is 33.1 Å². The topological polar surface area (TPSA) is 43.8 Å². The van der Waals surface area contributed by atoms with Gasteiger partial charge in [-0.1, -0.05) is 11.6 Å². The Balaban J connectivity index is 2.22. The zero-order valence-electron chi connectivity index (χ0n) is 7.70. The molecule has 0 atom stereocenters. The zero-order valence-corrected chi connectivity index (χ0v) is 9.27. The maximum Gasteiger partial charge on any atom is 0.122 e. The highest BCUT2D eigenvalue weighted by Crippen LogP contribution is 2.22. The summed E-state index contributed by atoms with van der Waals surface area (Å²) < 4.78 is 2.57.